The molecule has 0 aliphatic carbocycles. The molecule has 2 aliphatic rings. The molecule has 0 atom stereocenters. The average molecular weight is 267 g/mol. The van der Waals surface area contributed by atoms with Crippen LogP contribution < -0.4 is 10.6 Å². The van der Waals surface area contributed by atoms with Crippen LogP contribution in [0.3, 0.4) is 0 Å². The molecule has 0 radical (unpaired) electrons. The van der Waals surface area contributed by atoms with E-state index in [2.05, 4.69) is 29.4 Å². The summed E-state index contributed by atoms with van der Waals surface area (Å²) in [7, 11) is 0. The van der Waals surface area contributed by atoms with Gasteiger partial charge in [-0.05, 0) is 57.8 Å². The fourth-order valence-electron chi connectivity index (χ4n) is 3.18. The van der Waals surface area contributed by atoms with Crippen LogP contribution >= 0.6 is 0 Å². The van der Waals surface area contributed by atoms with Crippen LogP contribution in [-0.4, -0.2) is 49.6 Å². The van der Waals surface area contributed by atoms with E-state index in [4.69, 9.17) is 0 Å². The first kappa shape index (κ1) is 14.8. The maximum absolute atomic E-state index is 12.2. The number of carbonyl (C=O) groups excluding carboxylic acids is 1. The lowest BCUT2D eigenvalue weighted by atomic mass is 9.94. The van der Waals surface area contributed by atoms with Gasteiger partial charge >= 0.3 is 0 Å². The number of nitrogens with zero attached hydrogens (tertiary/aromatic N) is 1. The first-order chi connectivity index (χ1) is 9.15. The number of piperidine rings is 2. The summed E-state index contributed by atoms with van der Waals surface area (Å²) >= 11 is 0. The molecule has 2 rings (SSSR count). The minimum Gasteiger partial charge on any atom is -0.353 e. The van der Waals surface area contributed by atoms with E-state index < -0.39 is 0 Å². The molecule has 0 bridgehead atoms. The predicted octanol–water partition coefficient (Wildman–Crippen LogP) is 1.22. The third kappa shape index (κ3) is 4.77. The van der Waals surface area contributed by atoms with Gasteiger partial charge in [0.1, 0.15) is 0 Å². The van der Waals surface area contributed by atoms with Crippen LogP contribution in [0, 0.1) is 11.8 Å². The Hall–Kier alpha value is -0.610. The summed E-state index contributed by atoms with van der Waals surface area (Å²) in [5.41, 5.74) is 0. The number of hydrogen-bond acceptors (Lipinski definition) is 3. The van der Waals surface area contributed by atoms with Gasteiger partial charge in [0.25, 0.3) is 0 Å². The normalized spacial score (nSPS) is 23.7. The summed E-state index contributed by atoms with van der Waals surface area (Å²) < 4.78 is 0. The van der Waals surface area contributed by atoms with E-state index in [9.17, 15) is 4.79 Å². The summed E-state index contributed by atoms with van der Waals surface area (Å²) in [4.78, 5) is 14.7. The van der Waals surface area contributed by atoms with Gasteiger partial charge < -0.3 is 15.5 Å². The van der Waals surface area contributed by atoms with Crippen molar-refractivity contribution in [3.05, 3.63) is 0 Å². The Morgan fingerprint density at radius 2 is 1.84 bits per heavy atom. The summed E-state index contributed by atoms with van der Waals surface area (Å²) in [6, 6.07) is 0.405. The van der Waals surface area contributed by atoms with Gasteiger partial charge in [-0.3, -0.25) is 4.79 Å². The number of carbonyl (C=O) groups is 1. The molecule has 2 aliphatic heterocycles. The van der Waals surface area contributed by atoms with Gasteiger partial charge in [0.2, 0.25) is 5.91 Å². The van der Waals surface area contributed by atoms with E-state index in [0.717, 1.165) is 57.8 Å². The number of nitrogens with one attached hydrogen (secondary N) is 2. The Balaban J connectivity index is 1.69. The first-order valence-electron chi connectivity index (χ1n) is 7.88. The van der Waals surface area contributed by atoms with Gasteiger partial charge in [-0.2, -0.15) is 0 Å². The minimum atomic E-state index is 0.248. The van der Waals surface area contributed by atoms with Gasteiger partial charge in [-0.15, -0.1) is 0 Å². The van der Waals surface area contributed by atoms with Crippen LogP contribution in [0.4, 0.5) is 0 Å². The average Bonchev–Trinajstić information content (AvgIpc) is 2.40. The molecule has 0 aromatic heterocycles. The second-order valence-corrected chi connectivity index (χ2v) is 6.50. The quantitative estimate of drug-likeness (QED) is 0.805. The smallest absolute Gasteiger partial charge is 0.223 e. The van der Waals surface area contributed by atoms with Gasteiger partial charge in [0, 0.05) is 18.5 Å². The van der Waals surface area contributed by atoms with Gasteiger partial charge in [0.05, 0.1) is 0 Å². The third-order valence-electron chi connectivity index (χ3n) is 4.27. The molecule has 2 N–H and O–H groups in total. The second-order valence-electron chi connectivity index (χ2n) is 6.50. The topological polar surface area (TPSA) is 44.4 Å². The molecule has 2 fully saturated rings. The van der Waals surface area contributed by atoms with Crippen molar-refractivity contribution < 1.29 is 4.79 Å². The fourth-order valence-corrected chi connectivity index (χ4v) is 3.18. The van der Waals surface area contributed by atoms with Gasteiger partial charge in [-0.1, -0.05) is 13.8 Å². The predicted molar refractivity (Wildman–Crippen MR) is 78.0 cm³/mol. The highest BCUT2D eigenvalue weighted by molar-refractivity contribution is 5.79. The van der Waals surface area contributed by atoms with E-state index in [1.807, 2.05) is 0 Å². The highest BCUT2D eigenvalue weighted by atomic mass is 16.1. The number of rotatable bonds is 4. The van der Waals surface area contributed by atoms with Crippen molar-refractivity contribution in [1.29, 1.82) is 0 Å². The van der Waals surface area contributed by atoms with Crippen molar-refractivity contribution in [1.82, 2.24) is 15.5 Å². The molecule has 2 saturated heterocycles. The lowest BCUT2D eigenvalue weighted by Gasteiger charge is -2.33. The van der Waals surface area contributed by atoms with Crippen LogP contribution in [0.2, 0.25) is 0 Å². The van der Waals surface area contributed by atoms with E-state index in [0.29, 0.717) is 11.9 Å². The van der Waals surface area contributed by atoms with Crippen LogP contribution in [0.5, 0.6) is 0 Å². The lowest BCUT2D eigenvalue weighted by molar-refractivity contribution is -0.127. The summed E-state index contributed by atoms with van der Waals surface area (Å²) in [6.45, 7) is 9.94. The SMILES string of the molecule is CC(C)CN1CCC(C(=O)NC2CCNCC2)CC1. The van der Waals surface area contributed by atoms with Crippen LogP contribution in [0.25, 0.3) is 0 Å². The summed E-state index contributed by atoms with van der Waals surface area (Å²) in [6.07, 6.45) is 4.23. The molecule has 0 saturated carbocycles. The van der Waals surface area contributed by atoms with E-state index in [1.165, 1.54) is 6.54 Å². The molecule has 0 aromatic carbocycles. The molecule has 110 valence electrons. The maximum atomic E-state index is 12.2. The number of hydrogen-bond donors (Lipinski definition) is 2. The molecule has 4 nitrogen and oxygen atoms in total. The van der Waals surface area contributed by atoms with Gasteiger partial charge in [-0.25, -0.2) is 0 Å². The maximum Gasteiger partial charge on any atom is 0.223 e. The van der Waals surface area contributed by atoms with Crippen molar-refractivity contribution in [2.24, 2.45) is 11.8 Å². The standard InChI is InChI=1S/C15H29N3O/c1-12(2)11-18-9-5-13(6-10-18)15(19)17-14-3-7-16-8-4-14/h12-14,16H,3-11H2,1-2H3,(H,17,19). The molecular weight excluding hydrogens is 238 g/mol. The summed E-state index contributed by atoms with van der Waals surface area (Å²) in [5, 5.41) is 6.58. The second kappa shape index (κ2) is 7.25. The molecule has 19 heavy (non-hydrogen) atoms. The fraction of sp³-hybridized carbons (Fsp3) is 0.933. The molecule has 1 amide bonds. The Morgan fingerprint density at radius 1 is 1.21 bits per heavy atom. The molecule has 2 heterocycles. The number of amides is 1. The highest BCUT2D eigenvalue weighted by Gasteiger charge is 2.26. The van der Waals surface area contributed by atoms with Crippen molar-refractivity contribution in [2.45, 2.75) is 45.6 Å². The summed E-state index contributed by atoms with van der Waals surface area (Å²) in [5.74, 6) is 1.27. The van der Waals surface area contributed by atoms with Crippen LogP contribution in [-0.2, 0) is 4.79 Å². The molecule has 4 heteroatoms. The van der Waals surface area contributed by atoms with Crippen molar-refractivity contribution in [2.75, 3.05) is 32.7 Å². The zero-order valence-electron chi connectivity index (χ0n) is 12.5. The minimum absolute atomic E-state index is 0.248. The molecule has 0 aromatic rings. The van der Waals surface area contributed by atoms with Crippen molar-refractivity contribution in [3.63, 3.8) is 0 Å². The molecule has 0 unspecified atom stereocenters. The van der Waals surface area contributed by atoms with Crippen molar-refractivity contribution >= 4 is 5.91 Å². The zero-order chi connectivity index (χ0) is 13.7. The van der Waals surface area contributed by atoms with E-state index in [1.54, 1.807) is 0 Å². The Bertz CT molecular complexity index is 279. The highest BCUT2D eigenvalue weighted by Crippen LogP contribution is 2.19. The van der Waals surface area contributed by atoms with E-state index >= 15 is 0 Å². The lowest BCUT2D eigenvalue weighted by Crippen LogP contribution is -2.47. The zero-order valence-corrected chi connectivity index (χ0v) is 12.5. The Morgan fingerprint density at radius 3 is 2.42 bits per heavy atom. The van der Waals surface area contributed by atoms with Crippen LogP contribution in [0.1, 0.15) is 39.5 Å². The van der Waals surface area contributed by atoms with E-state index in [-0.39, 0.29) is 5.92 Å². The van der Waals surface area contributed by atoms with Gasteiger partial charge in [0.15, 0.2) is 0 Å². The van der Waals surface area contributed by atoms with Crippen molar-refractivity contribution in [3.8, 4) is 0 Å². The Labute approximate surface area is 117 Å². The first-order valence-corrected chi connectivity index (χ1v) is 7.88. The van der Waals surface area contributed by atoms with Crippen LogP contribution in [0.15, 0.2) is 0 Å². The number of likely N-dealkylation sites (tertiary alicyclic amines) is 1. The third-order valence-corrected chi connectivity index (χ3v) is 4.27. The largest absolute Gasteiger partial charge is 0.353 e. The molecular formula is C15H29N3O. The Kier molecular flexibility index (Phi) is 5.64. The molecule has 0 spiro atoms. The monoisotopic (exact) mass is 267 g/mol.